The van der Waals surface area contributed by atoms with Gasteiger partial charge in [-0.25, -0.2) is 4.52 Å². The summed E-state index contributed by atoms with van der Waals surface area (Å²) in [5.74, 6) is 0. The minimum atomic E-state index is -0.568. The zero-order chi connectivity index (χ0) is 23.1. The van der Waals surface area contributed by atoms with E-state index in [1.807, 2.05) is 31.4 Å². The van der Waals surface area contributed by atoms with E-state index in [4.69, 9.17) is 28.2 Å². The van der Waals surface area contributed by atoms with Crippen LogP contribution in [0.1, 0.15) is 49.3 Å². The molecule has 0 fully saturated rings. The first-order valence-corrected chi connectivity index (χ1v) is 12.8. The van der Waals surface area contributed by atoms with Gasteiger partial charge in [-0.15, -0.1) is 11.3 Å². The molecule has 4 aromatic heterocycles. The third kappa shape index (κ3) is 5.26. The molecule has 5 heterocycles. The normalized spacial score (nSPS) is 15.2. The zero-order valence-electron chi connectivity index (χ0n) is 18.4. The molecule has 1 aliphatic rings. The first-order valence-electron chi connectivity index (χ1n) is 10.3. The van der Waals surface area contributed by atoms with Crippen molar-refractivity contribution in [3.05, 3.63) is 78.3 Å². The van der Waals surface area contributed by atoms with E-state index in [0.717, 1.165) is 29.6 Å². The summed E-state index contributed by atoms with van der Waals surface area (Å²) in [5.41, 5.74) is 4.65. The molecule has 0 aromatic carbocycles. The van der Waals surface area contributed by atoms with Crippen molar-refractivity contribution < 1.29 is 5.11 Å². The molecule has 168 valence electrons. The average molecular weight is 507 g/mol. The van der Waals surface area contributed by atoms with Crippen molar-refractivity contribution in [2.45, 2.75) is 51.7 Å². The maximum absolute atomic E-state index is 9.39. The van der Waals surface area contributed by atoms with Gasteiger partial charge in [0.2, 0.25) is 0 Å². The van der Waals surface area contributed by atoms with Crippen LogP contribution < -0.4 is 0 Å². The maximum Gasteiger partial charge on any atom is 0.132 e. The molecule has 1 aliphatic heterocycles. The summed E-state index contributed by atoms with van der Waals surface area (Å²) in [6.45, 7) is 7.96. The van der Waals surface area contributed by atoms with Crippen molar-refractivity contribution in [1.29, 1.82) is 0 Å². The lowest BCUT2D eigenvalue weighted by atomic mass is 9.90. The number of rotatable bonds is 3. The van der Waals surface area contributed by atoms with Crippen molar-refractivity contribution in [3.8, 4) is 0 Å². The third-order valence-corrected chi connectivity index (χ3v) is 7.28. The highest BCUT2D eigenvalue weighted by atomic mass is 35.5. The van der Waals surface area contributed by atoms with Crippen LogP contribution in [-0.4, -0.2) is 31.6 Å². The summed E-state index contributed by atoms with van der Waals surface area (Å²) >= 11 is 15.7. The van der Waals surface area contributed by atoms with Gasteiger partial charge >= 0.3 is 0 Å². The van der Waals surface area contributed by atoms with Gasteiger partial charge in [0.25, 0.3) is 0 Å². The molecule has 8 heteroatoms. The molecule has 0 atom stereocenters. The first-order chi connectivity index (χ1) is 15.0. The molecule has 5 rings (SSSR count). The number of thiophene rings is 2. The lowest BCUT2D eigenvalue weighted by Crippen LogP contribution is -2.28. The van der Waals surface area contributed by atoms with E-state index in [9.17, 15) is 5.11 Å². The largest absolute Gasteiger partial charge is 0.390 e. The van der Waals surface area contributed by atoms with Crippen LogP contribution in [0.15, 0.2) is 51.6 Å². The Balaban J connectivity index is 0.000000207. The molecule has 4 aromatic rings. The van der Waals surface area contributed by atoms with Crippen LogP contribution in [0.3, 0.4) is 0 Å². The Morgan fingerprint density at radius 2 is 1.97 bits per heavy atom. The summed E-state index contributed by atoms with van der Waals surface area (Å²) < 4.78 is 1.64. The molecule has 0 amide bonds. The van der Waals surface area contributed by atoms with Crippen molar-refractivity contribution in [2.75, 3.05) is 0 Å². The predicted molar refractivity (Wildman–Crippen MR) is 137 cm³/mol. The highest BCUT2D eigenvalue weighted by molar-refractivity contribution is 7.12. The second-order valence-electron chi connectivity index (χ2n) is 9.20. The van der Waals surface area contributed by atoms with Gasteiger partial charge < -0.3 is 5.11 Å². The Hall–Kier alpha value is -1.70. The summed E-state index contributed by atoms with van der Waals surface area (Å²) in [6.07, 6.45) is 3.51. The van der Waals surface area contributed by atoms with Gasteiger partial charge in [-0.05, 0) is 85.6 Å². The van der Waals surface area contributed by atoms with Gasteiger partial charge in [-0.2, -0.15) is 16.4 Å². The maximum atomic E-state index is 9.39. The lowest BCUT2D eigenvalue weighted by molar-refractivity contribution is 0.0811. The van der Waals surface area contributed by atoms with Crippen LogP contribution in [-0.2, 0) is 12.8 Å². The van der Waals surface area contributed by atoms with Crippen molar-refractivity contribution in [1.82, 2.24) is 9.61 Å². The lowest BCUT2D eigenvalue weighted by Gasteiger charge is -2.27. The zero-order valence-corrected chi connectivity index (χ0v) is 21.5. The predicted octanol–water partition coefficient (Wildman–Crippen LogP) is 6.94. The summed E-state index contributed by atoms with van der Waals surface area (Å²) in [6, 6.07) is 7.94. The minimum absolute atomic E-state index is 0.112. The summed E-state index contributed by atoms with van der Waals surface area (Å²) in [5, 5.41) is 21.1. The third-order valence-electron chi connectivity index (χ3n) is 5.02. The van der Waals surface area contributed by atoms with Gasteiger partial charge in [-0.1, -0.05) is 23.2 Å². The van der Waals surface area contributed by atoms with E-state index in [1.165, 1.54) is 16.0 Å². The Morgan fingerprint density at radius 3 is 2.66 bits per heavy atom. The second-order valence-corrected chi connectivity index (χ2v) is 11.7. The quantitative estimate of drug-likeness (QED) is 0.327. The fourth-order valence-electron chi connectivity index (χ4n) is 3.77. The van der Waals surface area contributed by atoms with Crippen LogP contribution in [0.25, 0.3) is 5.52 Å². The van der Waals surface area contributed by atoms with E-state index in [1.54, 1.807) is 39.5 Å². The molecule has 0 spiro atoms. The van der Waals surface area contributed by atoms with Gasteiger partial charge in [0.15, 0.2) is 0 Å². The molecule has 32 heavy (non-hydrogen) atoms. The van der Waals surface area contributed by atoms with Crippen LogP contribution in [0, 0.1) is 0 Å². The highest BCUT2D eigenvalue weighted by Gasteiger charge is 2.28. The number of aliphatic imine (C=N–C) groups is 1. The van der Waals surface area contributed by atoms with Gasteiger partial charge in [0, 0.05) is 12.0 Å². The molecule has 0 saturated heterocycles. The number of hydrogen-bond acceptors (Lipinski definition) is 5. The Bertz CT molecular complexity index is 1260. The van der Waals surface area contributed by atoms with Crippen LogP contribution in [0.4, 0.5) is 0 Å². The monoisotopic (exact) mass is 505 g/mol. The van der Waals surface area contributed by atoms with E-state index >= 15 is 0 Å². The first kappa shape index (κ1) is 23.5. The van der Waals surface area contributed by atoms with Gasteiger partial charge in [0.05, 0.1) is 38.5 Å². The van der Waals surface area contributed by atoms with Gasteiger partial charge in [0.1, 0.15) is 5.15 Å². The molecular formula is C24H25Cl2N3OS2. The number of aliphatic hydroxyl groups is 1. The average Bonchev–Trinajstić information content (AvgIpc) is 3.41. The van der Waals surface area contributed by atoms with E-state index in [0.29, 0.717) is 10.2 Å². The molecule has 0 saturated carbocycles. The number of halogens is 2. The van der Waals surface area contributed by atoms with Crippen molar-refractivity contribution in [2.24, 2.45) is 4.99 Å². The molecule has 0 unspecified atom stereocenters. The fourth-order valence-corrected chi connectivity index (χ4v) is 5.91. The molecule has 4 nitrogen and oxygen atoms in total. The fraction of sp³-hybridized carbons (Fsp3) is 0.333. The minimum Gasteiger partial charge on any atom is -0.390 e. The number of fused-ring (bicyclic) bond motifs is 2. The van der Waals surface area contributed by atoms with Crippen molar-refractivity contribution >= 4 is 57.1 Å². The summed E-state index contributed by atoms with van der Waals surface area (Å²) in [4.78, 5) is 6.16. The summed E-state index contributed by atoms with van der Waals surface area (Å²) in [7, 11) is 0. The van der Waals surface area contributed by atoms with E-state index in [2.05, 4.69) is 35.8 Å². The van der Waals surface area contributed by atoms with E-state index in [-0.39, 0.29) is 5.54 Å². The van der Waals surface area contributed by atoms with Crippen LogP contribution in [0.5, 0.6) is 0 Å². The van der Waals surface area contributed by atoms with Crippen LogP contribution >= 0.6 is 45.9 Å². The highest BCUT2D eigenvalue weighted by Crippen LogP contribution is 2.33. The molecule has 0 aliphatic carbocycles. The van der Waals surface area contributed by atoms with Gasteiger partial charge in [-0.3, -0.25) is 4.99 Å². The molecular weight excluding hydrogens is 481 g/mol. The number of hydrogen-bond donors (Lipinski definition) is 1. The van der Waals surface area contributed by atoms with Crippen LogP contribution in [0.2, 0.25) is 10.2 Å². The number of nitrogens with zero attached hydrogens (tertiary/aromatic N) is 3. The smallest absolute Gasteiger partial charge is 0.132 e. The van der Waals surface area contributed by atoms with E-state index < -0.39 is 5.60 Å². The molecule has 0 radical (unpaired) electrons. The molecule has 1 N–H and O–H groups in total. The number of aromatic nitrogens is 2. The topological polar surface area (TPSA) is 49.9 Å². The SMILES string of the molecule is CC(C)(O)Cc1ccsc1.CC1(C)Cc2ccsc2C(c2cnn3c(Cl)cc(Cl)c3c2)=N1. The van der Waals surface area contributed by atoms with Crippen molar-refractivity contribution in [3.63, 3.8) is 0 Å². The Labute approximate surface area is 206 Å². The Morgan fingerprint density at radius 1 is 1.19 bits per heavy atom. The molecule has 0 bridgehead atoms. The second kappa shape index (κ2) is 8.92. The Kier molecular flexibility index (Phi) is 6.54. The standard InChI is InChI=1S/C16H13Cl2N3S.C8H12OS/c1-16(2)7-9-3-4-22-15(9)14(20-16)10-5-12-11(17)6-13(18)21(12)19-8-10;1-8(2,9)5-7-3-4-10-6-7/h3-6,8H,7H2,1-2H3;3-4,6,9H,5H2,1-2H3.